The molecular weight excluding hydrogens is 244 g/mol. The van der Waals surface area contributed by atoms with Crippen LogP contribution < -0.4 is 4.74 Å². The highest BCUT2D eigenvalue weighted by atomic mass is 16.5. The summed E-state index contributed by atoms with van der Waals surface area (Å²) in [6, 6.07) is 6.58. The normalized spacial score (nSPS) is 12.8. The molecule has 0 radical (unpaired) electrons. The van der Waals surface area contributed by atoms with Crippen molar-refractivity contribution in [3.8, 4) is 18.1 Å². The van der Waals surface area contributed by atoms with Gasteiger partial charge in [0.2, 0.25) is 0 Å². The molecule has 1 atom stereocenters. The second-order valence-corrected chi connectivity index (χ2v) is 6.36. The monoisotopic (exact) mass is 272 g/mol. The van der Waals surface area contributed by atoms with E-state index < -0.39 is 0 Å². The van der Waals surface area contributed by atoms with Crippen molar-refractivity contribution in [1.82, 2.24) is 0 Å². The third kappa shape index (κ3) is 4.30. The van der Waals surface area contributed by atoms with Crippen molar-refractivity contribution in [3.63, 3.8) is 0 Å². The van der Waals surface area contributed by atoms with Gasteiger partial charge in [-0.15, -0.1) is 12.3 Å². The maximum absolute atomic E-state index is 5.91. The van der Waals surface area contributed by atoms with Crippen LogP contribution in [0.4, 0.5) is 0 Å². The number of rotatable bonds is 6. The van der Waals surface area contributed by atoms with Gasteiger partial charge in [-0.05, 0) is 41.4 Å². The molecule has 0 saturated carbocycles. The van der Waals surface area contributed by atoms with Gasteiger partial charge in [0.1, 0.15) is 5.75 Å². The molecular formula is C19H28O. The van der Waals surface area contributed by atoms with Crippen molar-refractivity contribution < 1.29 is 4.74 Å². The van der Waals surface area contributed by atoms with Crippen LogP contribution in [0.3, 0.4) is 0 Å². The van der Waals surface area contributed by atoms with Crippen molar-refractivity contribution in [2.24, 2.45) is 0 Å². The third-order valence-corrected chi connectivity index (χ3v) is 3.63. The lowest BCUT2D eigenvalue weighted by molar-refractivity contribution is 0.311. The molecule has 0 spiro atoms. The van der Waals surface area contributed by atoms with Gasteiger partial charge in [-0.2, -0.15) is 0 Å². The number of terminal acetylenes is 1. The van der Waals surface area contributed by atoms with E-state index in [4.69, 9.17) is 11.2 Å². The number of hydrogen-bond acceptors (Lipinski definition) is 1. The van der Waals surface area contributed by atoms with Crippen molar-refractivity contribution >= 4 is 0 Å². The van der Waals surface area contributed by atoms with Crippen LogP contribution in [0.1, 0.15) is 70.9 Å². The summed E-state index contributed by atoms with van der Waals surface area (Å²) in [7, 11) is 0. The minimum Gasteiger partial charge on any atom is -0.493 e. The predicted octanol–water partition coefficient (Wildman–Crippen LogP) is 5.29. The van der Waals surface area contributed by atoms with Gasteiger partial charge in [-0.1, -0.05) is 46.8 Å². The van der Waals surface area contributed by atoms with E-state index in [2.05, 4.69) is 58.7 Å². The van der Waals surface area contributed by atoms with Gasteiger partial charge in [0.15, 0.2) is 0 Å². The maximum Gasteiger partial charge on any atom is 0.122 e. The van der Waals surface area contributed by atoms with Crippen LogP contribution in [0.25, 0.3) is 0 Å². The molecule has 0 saturated heterocycles. The van der Waals surface area contributed by atoms with Crippen LogP contribution in [0, 0.1) is 12.3 Å². The third-order valence-electron chi connectivity index (χ3n) is 3.63. The standard InChI is InChI=1S/C19H28O/c1-7-10-15(9-3)17-14-16(19(4,5)6)11-12-18(17)20-13-8-2/h1,11-12,14-15H,8-10,13H2,2-6H3. The van der Waals surface area contributed by atoms with Crippen LogP contribution in [0.5, 0.6) is 5.75 Å². The first-order chi connectivity index (χ1) is 9.43. The quantitative estimate of drug-likeness (QED) is 0.639. The van der Waals surface area contributed by atoms with Gasteiger partial charge < -0.3 is 4.74 Å². The summed E-state index contributed by atoms with van der Waals surface area (Å²) in [6.45, 7) is 11.8. The topological polar surface area (TPSA) is 9.23 Å². The average molecular weight is 272 g/mol. The lowest BCUT2D eigenvalue weighted by Crippen LogP contribution is -2.13. The highest BCUT2D eigenvalue weighted by molar-refractivity contribution is 5.42. The summed E-state index contributed by atoms with van der Waals surface area (Å²) in [5.41, 5.74) is 2.75. The molecule has 1 nitrogen and oxygen atoms in total. The average Bonchev–Trinajstić information content (AvgIpc) is 2.41. The fraction of sp³-hybridized carbons (Fsp3) is 0.579. The molecule has 0 amide bonds. The first-order valence-corrected chi connectivity index (χ1v) is 7.64. The zero-order valence-electron chi connectivity index (χ0n) is 13.6. The Morgan fingerprint density at radius 3 is 2.45 bits per heavy atom. The summed E-state index contributed by atoms with van der Waals surface area (Å²) in [4.78, 5) is 0. The Balaban J connectivity index is 3.21. The smallest absolute Gasteiger partial charge is 0.122 e. The lowest BCUT2D eigenvalue weighted by atomic mass is 9.83. The SMILES string of the molecule is C#CCC(CC)c1cc(C(C)(C)C)ccc1OCCC. The summed E-state index contributed by atoms with van der Waals surface area (Å²) in [5.74, 6) is 4.19. The second-order valence-electron chi connectivity index (χ2n) is 6.36. The predicted molar refractivity (Wildman–Crippen MR) is 87.4 cm³/mol. The van der Waals surface area contributed by atoms with Crippen molar-refractivity contribution in [2.45, 2.75) is 65.2 Å². The highest BCUT2D eigenvalue weighted by Crippen LogP contribution is 2.35. The van der Waals surface area contributed by atoms with Gasteiger partial charge in [0.25, 0.3) is 0 Å². The van der Waals surface area contributed by atoms with Gasteiger partial charge in [0, 0.05) is 6.42 Å². The Hall–Kier alpha value is -1.42. The second kappa shape index (κ2) is 7.39. The van der Waals surface area contributed by atoms with E-state index in [1.807, 2.05) is 0 Å². The Labute approximate surface area is 124 Å². The summed E-state index contributed by atoms with van der Waals surface area (Å²) < 4.78 is 5.91. The van der Waals surface area contributed by atoms with Crippen LogP contribution >= 0.6 is 0 Å². The molecule has 1 aromatic carbocycles. The first kappa shape index (κ1) is 16.6. The summed E-state index contributed by atoms with van der Waals surface area (Å²) in [5, 5.41) is 0. The molecule has 0 heterocycles. The van der Waals surface area contributed by atoms with Crippen LogP contribution in [0.2, 0.25) is 0 Å². The molecule has 1 heteroatoms. The van der Waals surface area contributed by atoms with Crippen LogP contribution in [-0.2, 0) is 5.41 Å². The van der Waals surface area contributed by atoms with E-state index >= 15 is 0 Å². The zero-order valence-corrected chi connectivity index (χ0v) is 13.6. The van der Waals surface area contributed by atoms with Crippen molar-refractivity contribution in [1.29, 1.82) is 0 Å². The fourth-order valence-corrected chi connectivity index (χ4v) is 2.29. The first-order valence-electron chi connectivity index (χ1n) is 7.64. The Kier molecular flexibility index (Phi) is 6.14. The van der Waals surface area contributed by atoms with Crippen molar-refractivity contribution in [3.05, 3.63) is 29.3 Å². The highest BCUT2D eigenvalue weighted by Gasteiger charge is 2.19. The summed E-state index contributed by atoms with van der Waals surface area (Å²) >= 11 is 0. The molecule has 0 bridgehead atoms. The molecule has 1 aromatic rings. The van der Waals surface area contributed by atoms with Gasteiger partial charge in [-0.3, -0.25) is 0 Å². The van der Waals surface area contributed by atoms with E-state index in [-0.39, 0.29) is 5.41 Å². The fourth-order valence-electron chi connectivity index (χ4n) is 2.29. The van der Waals surface area contributed by atoms with E-state index in [9.17, 15) is 0 Å². The minimum absolute atomic E-state index is 0.145. The van der Waals surface area contributed by atoms with E-state index in [1.165, 1.54) is 11.1 Å². The molecule has 0 aromatic heterocycles. The molecule has 20 heavy (non-hydrogen) atoms. The molecule has 0 aliphatic rings. The Bertz CT molecular complexity index is 460. The van der Waals surface area contributed by atoms with Gasteiger partial charge in [0.05, 0.1) is 6.61 Å². The van der Waals surface area contributed by atoms with E-state index in [0.29, 0.717) is 5.92 Å². The molecule has 0 aliphatic heterocycles. The van der Waals surface area contributed by atoms with E-state index in [0.717, 1.165) is 31.6 Å². The molecule has 0 fully saturated rings. The van der Waals surface area contributed by atoms with Gasteiger partial charge >= 0.3 is 0 Å². The Morgan fingerprint density at radius 2 is 1.95 bits per heavy atom. The Morgan fingerprint density at radius 1 is 1.25 bits per heavy atom. The van der Waals surface area contributed by atoms with Crippen molar-refractivity contribution in [2.75, 3.05) is 6.61 Å². The molecule has 110 valence electrons. The zero-order chi connectivity index (χ0) is 15.2. The van der Waals surface area contributed by atoms with E-state index in [1.54, 1.807) is 0 Å². The largest absolute Gasteiger partial charge is 0.493 e. The summed E-state index contributed by atoms with van der Waals surface area (Å²) in [6.07, 6.45) is 8.36. The minimum atomic E-state index is 0.145. The number of benzene rings is 1. The lowest BCUT2D eigenvalue weighted by Gasteiger charge is -2.24. The molecule has 1 unspecified atom stereocenters. The molecule has 0 N–H and O–H groups in total. The molecule has 1 rings (SSSR count). The molecule has 0 aliphatic carbocycles. The van der Waals surface area contributed by atoms with Gasteiger partial charge in [-0.25, -0.2) is 0 Å². The van der Waals surface area contributed by atoms with Crippen LogP contribution in [-0.4, -0.2) is 6.61 Å². The maximum atomic E-state index is 5.91. The number of hydrogen-bond donors (Lipinski definition) is 0. The number of ether oxygens (including phenoxy) is 1. The van der Waals surface area contributed by atoms with Crippen LogP contribution in [0.15, 0.2) is 18.2 Å².